The number of carbonyl (C=O) groups excluding carboxylic acids is 2. The molecule has 6 nitrogen and oxygen atoms in total. The van der Waals surface area contributed by atoms with Crippen LogP contribution in [-0.2, 0) is 9.53 Å². The summed E-state index contributed by atoms with van der Waals surface area (Å²) in [4.78, 5) is 23.5. The van der Waals surface area contributed by atoms with Crippen molar-refractivity contribution in [3.63, 3.8) is 0 Å². The standard InChI is InChI=1S/C13H18N2O4/c1-4-15-12(16)8(2)19-13(17)11-9(14)6-5-7-10(11)18-3/h5-8H,4,14H2,1-3H3,(H,15,16). The molecule has 0 saturated heterocycles. The zero-order valence-corrected chi connectivity index (χ0v) is 11.2. The highest BCUT2D eigenvalue weighted by Crippen LogP contribution is 2.25. The predicted octanol–water partition coefficient (Wildman–Crippen LogP) is 0.959. The SMILES string of the molecule is CCNC(=O)C(C)OC(=O)c1c(N)cccc1OC. The van der Waals surface area contributed by atoms with Crippen LogP contribution in [0.3, 0.4) is 0 Å². The van der Waals surface area contributed by atoms with E-state index >= 15 is 0 Å². The summed E-state index contributed by atoms with van der Waals surface area (Å²) in [7, 11) is 1.43. The zero-order chi connectivity index (χ0) is 14.4. The maximum Gasteiger partial charge on any atom is 0.344 e. The normalized spacial score (nSPS) is 11.5. The molecule has 0 spiro atoms. The molecule has 19 heavy (non-hydrogen) atoms. The summed E-state index contributed by atoms with van der Waals surface area (Å²) in [6.07, 6.45) is -0.892. The van der Waals surface area contributed by atoms with Crippen LogP contribution in [0.5, 0.6) is 5.75 Å². The number of amides is 1. The largest absolute Gasteiger partial charge is 0.496 e. The van der Waals surface area contributed by atoms with E-state index in [0.717, 1.165) is 0 Å². The van der Waals surface area contributed by atoms with Gasteiger partial charge in [0, 0.05) is 12.2 Å². The quantitative estimate of drug-likeness (QED) is 0.612. The molecule has 0 aliphatic carbocycles. The third-order valence-corrected chi connectivity index (χ3v) is 2.49. The summed E-state index contributed by atoms with van der Waals surface area (Å²) in [6, 6.07) is 4.83. The second-order valence-electron chi connectivity index (χ2n) is 3.87. The molecule has 0 aliphatic heterocycles. The summed E-state index contributed by atoms with van der Waals surface area (Å²) >= 11 is 0. The van der Waals surface area contributed by atoms with Crippen molar-refractivity contribution in [1.82, 2.24) is 5.32 Å². The van der Waals surface area contributed by atoms with Gasteiger partial charge in [0.1, 0.15) is 11.3 Å². The van der Waals surface area contributed by atoms with E-state index in [4.69, 9.17) is 15.2 Å². The van der Waals surface area contributed by atoms with Gasteiger partial charge in [-0.3, -0.25) is 4.79 Å². The molecule has 0 aliphatic rings. The molecule has 6 heteroatoms. The fourth-order valence-electron chi connectivity index (χ4n) is 1.53. The van der Waals surface area contributed by atoms with E-state index in [1.165, 1.54) is 14.0 Å². The highest BCUT2D eigenvalue weighted by Gasteiger charge is 2.22. The minimum absolute atomic E-state index is 0.126. The van der Waals surface area contributed by atoms with Crippen LogP contribution in [0, 0.1) is 0 Å². The Bertz CT molecular complexity index is 474. The summed E-state index contributed by atoms with van der Waals surface area (Å²) in [5.74, 6) is -0.730. The molecular weight excluding hydrogens is 248 g/mol. The number of hydrogen-bond acceptors (Lipinski definition) is 5. The van der Waals surface area contributed by atoms with E-state index < -0.39 is 12.1 Å². The number of nitrogens with one attached hydrogen (secondary N) is 1. The minimum Gasteiger partial charge on any atom is -0.496 e. The van der Waals surface area contributed by atoms with Crippen molar-refractivity contribution >= 4 is 17.6 Å². The summed E-state index contributed by atoms with van der Waals surface area (Å²) in [5, 5.41) is 2.57. The van der Waals surface area contributed by atoms with Gasteiger partial charge in [-0.15, -0.1) is 0 Å². The van der Waals surface area contributed by atoms with Gasteiger partial charge >= 0.3 is 5.97 Å². The molecular formula is C13H18N2O4. The summed E-state index contributed by atoms with van der Waals surface area (Å²) < 4.78 is 10.1. The van der Waals surface area contributed by atoms with Crippen molar-refractivity contribution in [3.8, 4) is 5.75 Å². The van der Waals surface area contributed by atoms with E-state index in [-0.39, 0.29) is 17.2 Å². The molecule has 0 saturated carbocycles. The maximum absolute atomic E-state index is 12.0. The number of nitrogen functional groups attached to an aromatic ring is 1. The van der Waals surface area contributed by atoms with E-state index in [2.05, 4.69) is 5.32 Å². The van der Waals surface area contributed by atoms with Crippen molar-refractivity contribution in [2.45, 2.75) is 20.0 Å². The monoisotopic (exact) mass is 266 g/mol. The number of rotatable bonds is 5. The second kappa shape index (κ2) is 6.63. The van der Waals surface area contributed by atoms with E-state index in [1.54, 1.807) is 25.1 Å². The predicted molar refractivity (Wildman–Crippen MR) is 71.0 cm³/mol. The minimum atomic E-state index is -0.892. The molecule has 0 bridgehead atoms. The molecule has 1 aromatic carbocycles. The van der Waals surface area contributed by atoms with E-state index in [9.17, 15) is 9.59 Å². The van der Waals surface area contributed by atoms with Crippen LogP contribution >= 0.6 is 0 Å². The molecule has 1 rings (SSSR count). The third kappa shape index (κ3) is 3.61. The Kier molecular flexibility index (Phi) is 5.17. The Balaban J connectivity index is 2.87. The van der Waals surface area contributed by atoms with E-state index in [0.29, 0.717) is 12.3 Å². The molecule has 0 aromatic heterocycles. The second-order valence-corrected chi connectivity index (χ2v) is 3.87. The first-order valence-electron chi connectivity index (χ1n) is 5.92. The van der Waals surface area contributed by atoms with Gasteiger partial charge < -0.3 is 20.5 Å². The Morgan fingerprint density at radius 1 is 1.42 bits per heavy atom. The van der Waals surface area contributed by atoms with Gasteiger partial charge in [-0.2, -0.15) is 0 Å². The van der Waals surface area contributed by atoms with Crippen LogP contribution < -0.4 is 15.8 Å². The number of anilines is 1. The number of likely N-dealkylation sites (N-methyl/N-ethyl adjacent to an activating group) is 1. The van der Waals surface area contributed by atoms with Crippen molar-refractivity contribution in [1.29, 1.82) is 0 Å². The highest BCUT2D eigenvalue weighted by molar-refractivity contribution is 5.99. The molecule has 0 heterocycles. The number of hydrogen-bond donors (Lipinski definition) is 2. The number of benzene rings is 1. The number of nitrogens with two attached hydrogens (primary N) is 1. The Labute approximate surface area is 111 Å². The van der Waals surface area contributed by atoms with Gasteiger partial charge in [-0.25, -0.2) is 4.79 Å². The van der Waals surface area contributed by atoms with Crippen molar-refractivity contribution in [2.24, 2.45) is 0 Å². The Morgan fingerprint density at radius 3 is 2.68 bits per heavy atom. The topological polar surface area (TPSA) is 90.7 Å². The molecule has 1 unspecified atom stereocenters. The molecule has 104 valence electrons. The summed E-state index contributed by atoms with van der Waals surface area (Å²) in [5.41, 5.74) is 6.10. The number of carbonyl (C=O) groups is 2. The zero-order valence-electron chi connectivity index (χ0n) is 11.2. The first kappa shape index (κ1) is 14.8. The third-order valence-electron chi connectivity index (χ3n) is 2.49. The van der Waals surface area contributed by atoms with Gasteiger partial charge in [-0.05, 0) is 26.0 Å². The fraction of sp³-hybridized carbons (Fsp3) is 0.385. The fourth-order valence-corrected chi connectivity index (χ4v) is 1.53. The number of esters is 1. The van der Waals surface area contributed by atoms with Gasteiger partial charge in [-0.1, -0.05) is 6.07 Å². The van der Waals surface area contributed by atoms with Gasteiger partial charge in [0.25, 0.3) is 5.91 Å². The van der Waals surface area contributed by atoms with Crippen molar-refractivity contribution in [3.05, 3.63) is 23.8 Å². The van der Waals surface area contributed by atoms with Gasteiger partial charge in [0.2, 0.25) is 0 Å². The first-order valence-corrected chi connectivity index (χ1v) is 5.92. The van der Waals surface area contributed by atoms with Crippen LogP contribution in [0.1, 0.15) is 24.2 Å². The molecule has 1 aromatic rings. The molecule has 0 radical (unpaired) electrons. The van der Waals surface area contributed by atoms with Gasteiger partial charge in [0.15, 0.2) is 6.10 Å². The smallest absolute Gasteiger partial charge is 0.344 e. The number of methoxy groups -OCH3 is 1. The van der Waals surface area contributed by atoms with Crippen LogP contribution in [0.15, 0.2) is 18.2 Å². The highest BCUT2D eigenvalue weighted by atomic mass is 16.5. The Morgan fingerprint density at radius 2 is 2.11 bits per heavy atom. The van der Waals surface area contributed by atoms with E-state index in [1.807, 2.05) is 0 Å². The van der Waals surface area contributed by atoms with Crippen LogP contribution in [-0.4, -0.2) is 31.6 Å². The summed E-state index contributed by atoms with van der Waals surface area (Å²) in [6.45, 7) is 3.75. The molecule has 1 atom stereocenters. The molecule has 1 amide bonds. The Hall–Kier alpha value is -2.24. The van der Waals surface area contributed by atoms with Crippen LogP contribution in [0.25, 0.3) is 0 Å². The molecule has 0 fully saturated rings. The van der Waals surface area contributed by atoms with Crippen LogP contribution in [0.4, 0.5) is 5.69 Å². The van der Waals surface area contributed by atoms with Crippen molar-refractivity contribution < 1.29 is 19.1 Å². The number of ether oxygens (including phenoxy) is 2. The molecule has 3 N–H and O–H groups in total. The van der Waals surface area contributed by atoms with Crippen molar-refractivity contribution in [2.75, 3.05) is 19.4 Å². The lowest BCUT2D eigenvalue weighted by Crippen LogP contribution is -2.35. The average Bonchev–Trinajstić information content (AvgIpc) is 2.38. The first-order chi connectivity index (χ1) is 9.01. The lowest BCUT2D eigenvalue weighted by molar-refractivity contribution is -0.128. The maximum atomic E-state index is 12.0. The average molecular weight is 266 g/mol. The lowest BCUT2D eigenvalue weighted by atomic mass is 10.1. The van der Waals surface area contributed by atoms with Crippen LogP contribution in [0.2, 0.25) is 0 Å². The lowest BCUT2D eigenvalue weighted by Gasteiger charge is -2.15. The van der Waals surface area contributed by atoms with Gasteiger partial charge in [0.05, 0.1) is 7.11 Å².